The normalized spacial score (nSPS) is 17.2. The van der Waals surface area contributed by atoms with E-state index >= 15 is 0 Å². The second-order valence-electron chi connectivity index (χ2n) is 7.46. The molecule has 0 saturated carbocycles. The lowest BCUT2D eigenvalue weighted by atomic mass is 9.96. The molecule has 0 radical (unpaired) electrons. The molecule has 1 fully saturated rings. The van der Waals surface area contributed by atoms with E-state index in [4.69, 9.17) is 0 Å². The van der Waals surface area contributed by atoms with E-state index in [0.717, 1.165) is 49.4 Å². The number of amides is 1. The van der Waals surface area contributed by atoms with E-state index in [0.29, 0.717) is 0 Å². The van der Waals surface area contributed by atoms with Crippen LogP contribution in [-0.2, 0) is 11.3 Å². The summed E-state index contributed by atoms with van der Waals surface area (Å²) in [5.41, 5.74) is 4.16. The van der Waals surface area contributed by atoms with E-state index in [1.54, 1.807) is 18.0 Å². The highest BCUT2D eigenvalue weighted by molar-refractivity contribution is 7.98. The Balaban J connectivity index is 1.33. The van der Waals surface area contributed by atoms with Gasteiger partial charge in [-0.25, -0.2) is 0 Å². The van der Waals surface area contributed by atoms with Crippen molar-refractivity contribution in [3.05, 3.63) is 66.4 Å². The van der Waals surface area contributed by atoms with Gasteiger partial charge in [-0.3, -0.25) is 14.8 Å². The molecular formula is C23H26N4OS. The van der Waals surface area contributed by atoms with Crippen molar-refractivity contribution < 1.29 is 4.79 Å². The van der Waals surface area contributed by atoms with Gasteiger partial charge in [0, 0.05) is 29.9 Å². The van der Waals surface area contributed by atoms with Gasteiger partial charge in [0.15, 0.2) is 0 Å². The number of hydrogen-bond acceptors (Lipinski definition) is 4. The summed E-state index contributed by atoms with van der Waals surface area (Å²) in [6, 6.07) is 18.5. The first-order valence-corrected chi connectivity index (χ1v) is 11.2. The van der Waals surface area contributed by atoms with Gasteiger partial charge in [-0.2, -0.15) is 5.10 Å². The van der Waals surface area contributed by atoms with Crippen LogP contribution in [0.4, 0.5) is 5.69 Å². The first-order chi connectivity index (χ1) is 14.2. The number of hydrogen-bond donors (Lipinski definition) is 2. The number of H-pyrrole nitrogens is 1. The number of nitrogens with zero attached hydrogens (tertiary/aromatic N) is 2. The van der Waals surface area contributed by atoms with Crippen molar-refractivity contribution in [3.63, 3.8) is 0 Å². The van der Waals surface area contributed by atoms with Crippen LogP contribution < -0.4 is 5.32 Å². The number of anilines is 1. The molecule has 2 heterocycles. The molecule has 6 heteroatoms. The second-order valence-corrected chi connectivity index (χ2v) is 8.34. The Morgan fingerprint density at radius 2 is 1.97 bits per heavy atom. The largest absolute Gasteiger partial charge is 0.326 e. The maximum atomic E-state index is 12.8. The summed E-state index contributed by atoms with van der Waals surface area (Å²) in [6.45, 7) is 2.76. The third kappa shape index (κ3) is 5.08. The number of benzene rings is 2. The number of piperidine rings is 1. The summed E-state index contributed by atoms with van der Waals surface area (Å²) in [4.78, 5) is 16.5. The van der Waals surface area contributed by atoms with E-state index in [1.165, 1.54) is 10.5 Å². The van der Waals surface area contributed by atoms with Crippen LogP contribution in [0, 0.1) is 5.92 Å². The van der Waals surface area contributed by atoms with Gasteiger partial charge >= 0.3 is 0 Å². The Kier molecular flexibility index (Phi) is 6.32. The molecule has 1 unspecified atom stereocenters. The summed E-state index contributed by atoms with van der Waals surface area (Å²) in [6.07, 6.45) is 5.82. The van der Waals surface area contributed by atoms with Crippen molar-refractivity contribution in [1.82, 2.24) is 15.1 Å². The van der Waals surface area contributed by atoms with Crippen LogP contribution in [0.15, 0.2) is 65.7 Å². The first-order valence-electron chi connectivity index (χ1n) is 9.97. The van der Waals surface area contributed by atoms with E-state index < -0.39 is 0 Å². The highest BCUT2D eigenvalue weighted by atomic mass is 32.2. The second kappa shape index (κ2) is 9.29. The van der Waals surface area contributed by atoms with Gasteiger partial charge in [-0.1, -0.05) is 24.3 Å². The van der Waals surface area contributed by atoms with Crippen LogP contribution in [0.3, 0.4) is 0 Å². The summed E-state index contributed by atoms with van der Waals surface area (Å²) in [7, 11) is 0. The van der Waals surface area contributed by atoms with Gasteiger partial charge in [0.1, 0.15) is 0 Å². The van der Waals surface area contributed by atoms with E-state index in [2.05, 4.69) is 50.9 Å². The molecule has 1 saturated heterocycles. The molecule has 29 heavy (non-hydrogen) atoms. The van der Waals surface area contributed by atoms with Crippen molar-refractivity contribution in [2.24, 2.45) is 5.92 Å². The van der Waals surface area contributed by atoms with Crippen molar-refractivity contribution in [1.29, 1.82) is 0 Å². The fourth-order valence-corrected chi connectivity index (χ4v) is 4.20. The minimum atomic E-state index is 0.0292. The maximum Gasteiger partial charge on any atom is 0.228 e. The van der Waals surface area contributed by atoms with Crippen LogP contribution in [0.25, 0.3) is 11.3 Å². The molecule has 5 nitrogen and oxygen atoms in total. The van der Waals surface area contributed by atoms with Gasteiger partial charge in [0.2, 0.25) is 5.91 Å². The van der Waals surface area contributed by atoms with Crippen molar-refractivity contribution in [2.75, 3.05) is 24.7 Å². The number of thioether (sulfide) groups is 1. The number of aromatic nitrogens is 2. The van der Waals surface area contributed by atoms with Gasteiger partial charge in [0.05, 0.1) is 11.6 Å². The molecule has 1 atom stereocenters. The minimum Gasteiger partial charge on any atom is -0.326 e. The monoisotopic (exact) mass is 406 g/mol. The molecule has 1 aromatic heterocycles. The van der Waals surface area contributed by atoms with Gasteiger partial charge < -0.3 is 5.32 Å². The highest BCUT2D eigenvalue weighted by Crippen LogP contribution is 2.23. The van der Waals surface area contributed by atoms with Gasteiger partial charge in [0.25, 0.3) is 0 Å². The van der Waals surface area contributed by atoms with Crippen molar-refractivity contribution in [2.45, 2.75) is 24.3 Å². The fourth-order valence-electron chi connectivity index (χ4n) is 3.80. The molecule has 1 amide bonds. The number of nitrogens with one attached hydrogen (secondary N) is 2. The lowest BCUT2D eigenvalue weighted by molar-refractivity contribution is -0.121. The molecule has 0 bridgehead atoms. The highest BCUT2D eigenvalue weighted by Gasteiger charge is 2.25. The minimum absolute atomic E-state index is 0.0292. The SMILES string of the molecule is CSc1ccc(CN2CCCC(C(=O)Nc3ccc(-c4ccn[nH]4)cc3)C2)cc1. The number of aromatic amines is 1. The topological polar surface area (TPSA) is 61.0 Å². The lowest BCUT2D eigenvalue weighted by Crippen LogP contribution is -2.40. The number of likely N-dealkylation sites (tertiary alicyclic amines) is 1. The van der Waals surface area contributed by atoms with Crippen molar-refractivity contribution in [3.8, 4) is 11.3 Å². The summed E-state index contributed by atoms with van der Waals surface area (Å²) in [5.74, 6) is 0.142. The molecule has 1 aliphatic heterocycles. The Morgan fingerprint density at radius 3 is 2.66 bits per heavy atom. The van der Waals surface area contributed by atoms with Crippen molar-refractivity contribution >= 4 is 23.4 Å². The Bertz CT molecular complexity index is 923. The predicted molar refractivity (Wildman–Crippen MR) is 119 cm³/mol. The van der Waals surface area contributed by atoms with Gasteiger partial charge in [-0.15, -0.1) is 11.8 Å². The predicted octanol–water partition coefficient (Wildman–Crippen LogP) is 4.65. The van der Waals surface area contributed by atoms with E-state index in [9.17, 15) is 4.79 Å². The van der Waals surface area contributed by atoms with Crippen LogP contribution in [0.5, 0.6) is 0 Å². The lowest BCUT2D eigenvalue weighted by Gasteiger charge is -2.32. The molecule has 3 aromatic rings. The van der Waals surface area contributed by atoms with Crippen LogP contribution in [0.2, 0.25) is 0 Å². The molecule has 2 N–H and O–H groups in total. The molecule has 4 rings (SSSR count). The summed E-state index contributed by atoms with van der Waals surface area (Å²) < 4.78 is 0. The zero-order valence-corrected chi connectivity index (χ0v) is 17.4. The van der Waals surface area contributed by atoms with E-state index in [-0.39, 0.29) is 11.8 Å². The average Bonchev–Trinajstić information content (AvgIpc) is 3.30. The van der Waals surface area contributed by atoms with Crippen LogP contribution in [0.1, 0.15) is 18.4 Å². The Hall–Kier alpha value is -2.57. The summed E-state index contributed by atoms with van der Waals surface area (Å²) >= 11 is 1.76. The standard InChI is InChI=1S/C23H26N4OS/c1-29-21-10-4-17(5-11-21)15-27-14-2-3-19(16-27)23(28)25-20-8-6-18(7-9-20)22-12-13-24-26-22/h4-13,19H,2-3,14-16H2,1H3,(H,24,26)(H,25,28). The maximum absolute atomic E-state index is 12.8. The number of carbonyl (C=O) groups is 1. The Labute approximate surface area is 175 Å². The molecular weight excluding hydrogens is 380 g/mol. The molecule has 2 aromatic carbocycles. The zero-order chi connectivity index (χ0) is 20.1. The number of carbonyl (C=O) groups excluding carboxylic acids is 1. The van der Waals surface area contributed by atoms with E-state index in [1.807, 2.05) is 30.3 Å². The molecule has 1 aliphatic rings. The number of rotatable bonds is 6. The molecule has 0 spiro atoms. The zero-order valence-electron chi connectivity index (χ0n) is 16.6. The van der Waals surface area contributed by atoms with Gasteiger partial charge in [-0.05, 0) is 67.1 Å². The molecule has 150 valence electrons. The smallest absolute Gasteiger partial charge is 0.228 e. The van der Waals surface area contributed by atoms with Crippen LogP contribution >= 0.6 is 11.8 Å². The first kappa shape index (κ1) is 19.7. The fraction of sp³-hybridized carbons (Fsp3) is 0.304. The third-order valence-electron chi connectivity index (χ3n) is 5.41. The molecule has 0 aliphatic carbocycles. The van der Waals surface area contributed by atoms with Crippen LogP contribution in [-0.4, -0.2) is 40.3 Å². The third-order valence-corrected chi connectivity index (χ3v) is 6.15. The quantitative estimate of drug-likeness (QED) is 0.585. The average molecular weight is 407 g/mol. The Morgan fingerprint density at radius 1 is 1.17 bits per heavy atom. The summed E-state index contributed by atoms with van der Waals surface area (Å²) in [5, 5.41) is 10.0.